The van der Waals surface area contributed by atoms with Gasteiger partial charge in [0.2, 0.25) is 5.69 Å². The van der Waals surface area contributed by atoms with Crippen LogP contribution < -0.4 is 0 Å². The Kier molecular flexibility index (Phi) is 6.56. The molecule has 0 amide bonds. The number of hydrogen-bond acceptors (Lipinski definition) is 2. The zero-order valence-electron chi connectivity index (χ0n) is 26.7. The zero-order valence-corrected chi connectivity index (χ0v) is 26.7. The third-order valence-corrected chi connectivity index (χ3v) is 9.61. The number of hydrogen-bond donors (Lipinski definition) is 0. The first-order valence-electron chi connectivity index (χ1n) is 16.3. The molecule has 0 radical (unpaired) electrons. The molecule has 0 aliphatic heterocycles. The van der Waals surface area contributed by atoms with Crippen molar-refractivity contribution in [3.05, 3.63) is 174 Å². The van der Waals surface area contributed by atoms with Gasteiger partial charge in [-0.2, -0.15) is 10.5 Å². The molecule has 230 valence electrons. The summed E-state index contributed by atoms with van der Waals surface area (Å²) < 4.78 is 4.40. The molecule has 0 aliphatic rings. The minimum Gasteiger partial charge on any atom is -0.318 e. The Morgan fingerprint density at radius 1 is 0.500 bits per heavy atom. The maximum absolute atomic E-state index is 9.99. The van der Waals surface area contributed by atoms with Crippen LogP contribution in [0.15, 0.2) is 152 Å². The molecule has 5 nitrogen and oxygen atoms in total. The van der Waals surface area contributed by atoms with Gasteiger partial charge in [-0.3, -0.25) is 0 Å². The highest BCUT2D eigenvalue weighted by atomic mass is 15.0. The van der Waals surface area contributed by atoms with E-state index in [1.165, 1.54) is 0 Å². The second kappa shape index (κ2) is 11.4. The van der Waals surface area contributed by atoms with E-state index in [1.54, 1.807) is 0 Å². The molecule has 0 fully saturated rings. The molecule has 9 aromatic rings. The standard InChI is InChI=1S/C45H25N5/c1-48-39-15-8-14-35(45(39)50-41-17-5-3-13-37(41)44-33(28-47)10-7-18-43(44)50)31-22-20-30(21-23-31)32-9-6-11-34(26-32)49-40-16-4-2-12-36(40)38-25-29(27-46)19-24-42(38)49/h2-26H. The monoisotopic (exact) mass is 635 g/mol. The largest absolute Gasteiger partial charge is 0.318 e. The third kappa shape index (κ3) is 4.31. The van der Waals surface area contributed by atoms with Crippen molar-refractivity contribution in [2.45, 2.75) is 0 Å². The minimum atomic E-state index is 0.539. The first-order chi connectivity index (χ1) is 24.7. The van der Waals surface area contributed by atoms with Crippen LogP contribution in [-0.2, 0) is 0 Å². The molecular formula is C45H25N5. The summed E-state index contributed by atoms with van der Waals surface area (Å²) in [5.74, 6) is 0. The van der Waals surface area contributed by atoms with E-state index in [0.717, 1.165) is 77.2 Å². The highest BCUT2D eigenvalue weighted by Gasteiger charge is 2.20. The van der Waals surface area contributed by atoms with Crippen LogP contribution in [0.3, 0.4) is 0 Å². The fraction of sp³-hybridized carbons (Fsp3) is 0. The lowest BCUT2D eigenvalue weighted by Crippen LogP contribution is -1.98. The molecule has 0 saturated heterocycles. The Labute approximate surface area is 288 Å². The van der Waals surface area contributed by atoms with Crippen molar-refractivity contribution >= 4 is 49.3 Å². The van der Waals surface area contributed by atoms with Crippen LogP contribution in [0.25, 0.3) is 82.1 Å². The third-order valence-electron chi connectivity index (χ3n) is 9.61. The SMILES string of the molecule is [C-]#[N+]c1cccc(-c2ccc(-c3cccc(-n4c5ccccc5c5cc(C#N)ccc54)c3)cc2)c1-n1c2ccccc2c2c(C#N)cccc21. The Morgan fingerprint density at radius 3 is 1.96 bits per heavy atom. The van der Waals surface area contributed by atoms with Crippen LogP contribution >= 0.6 is 0 Å². The molecule has 0 saturated carbocycles. The van der Waals surface area contributed by atoms with E-state index in [4.69, 9.17) is 6.57 Å². The second-order valence-electron chi connectivity index (χ2n) is 12.3. The molecule has 0 N–H and O–H groups in total. The predicted octanol–water partition coefficient (Wildman–Crippen LogP) is 11.5. The molecule has 0 spiro atoms. The molecule has 9 rings (SSSR count). The fourth-order valence-corrected chi connectivity index (χ4v) is 7.43. The maximum Gasteiger partial charge on any atom is 0.211 e. The molecule has 50 heavy (non-hydrogen) atoms. The smallest absolute Gasteiger partial charge is 0.211 e. The van der Waals surface area contributed by atoms with E-state index in [-0.39, 0.29) is 0 Å². The van der Waals surface area contributed by atoms with Crippen LogP contribution in [0.2, 0.25) is 0 Å². The van der Waals surface area contributed by atoms with Gasteiger partial charge in [0.05, 0.1) is 57.6 Å². The first-order valence-corrected chi connectivity index (χ1v) is 16.3. The van der Waals surface area contributed by atoms with Gasteiger partial charge >= 0.3 is 0 Å². The fourth-order valence-electron chi connectivity index (χ4n) is 7.43. The first kappa shape index (κ1) is 28.8. The van der Waals surface area contributed by atoms with Crippen LogP contribution in [0, 0.1) is 29.2 Å². The van der Waals surface area contributed by atoms with Crippen LogP contribution in [-0.4, -0.2) is 9.13 Å². The summed E-state index contributed by atoms with van der Waals surface area (Å²) in [4.78, 5) is 3.97. The summed E-state index contributed by atoms with van der Waals surface area (Å²) in [6.45, 7) is 8.13. The lowest BCUT2D eigenvalue weighted by Gasteiger charge is -2.16. The molecule has 0 aliphatic carbocycles. The van der Waals surface area contributed by atoms with Crippen LogP contribution in [0.4, 0.5) is 5.69 Å². The second-order valence-corrected chi connectivity index (χ2v) is 12.3. The minimum absolute atomic E-state index is 0.539. The highest BCUT2D eigenvalue weighted by molar-refractivity contribution is 6.13. The van der Waals surface area contributed by atoms with Crippen molar-refractivity contribution in [2.75, 3.05) is 0 Å². The number of rotatable bonds is 4. The highest BCUT2D eigenvalue weighted by Crippen LogP contribution is 2.42. The summed E-state index contributed by atoms with van der Waals surface area (Å²) in [5.41, 5.74) is 11.7. The van der Waals surface area contributed by atoms with Crippen molar-refractivity contribution in [1.82, 2.24) is 9.13 Å². The number of para-hydroxylation sites is 3. The molecule has 0 bridgehead atoms. The summed E-state index contributed by atoms with van der Waals surface area (Å²) in [5, 5.41) is 23.6. The van der Waals surface area contributed by atoms with Gasteiger partial charge in [0, 0.05) is 27.2 Å². The topological polar surface area (TPSA) is 61.8 Å². The number of nitriles is 2. The lowest BCUT2D eigenvalue weighted by atomic mass is 9.98. The molecule has 5 heteroatoms. The number of aromatic nitrogens is 2. The summed E-state index contributed by atoms with van der Waals surface area (Å²) >= 11 is 0. The Bertz CT molecular complexity index is 2960. The van der Waals surface area contributed by atoms with Gasteiger partial charge in [-0.15, -0.1) is 0 Å². The quantitative estimate of drug-likeness (QED) is 0.181. The average Bonchev–Trinajstić information content (AvgIpc) is 3.70. The molecule has 0 unspecified atom stereocenters. The van der Waals surface area contributed by atoms with E-state index in [1.807, 2.05) is 78.9 Å². The van der Waals surface area contributed by atoms with Gasteiger partial charge in [-0.25, -0.2) is 4.85 Å². The van der Waals surface area contributed by atoms with Crippen LogP contribution in [0.1, 0.15) is 11.1 Å². The van der Waals surface area contributed by atoms with Crippen LogP contribution in [0.5, 0.6) is 0 Å². The van der Waals surface area contributed by atoms with Gasteiger partial charge in [0.25, 0.3) is 0 Å². The predicted molar refractivity (Wildman–Crippen MR) is 202 cm³/mol. The van der Waals surface area contributed by atoms with E-state index >= 15 is 0 Å². The summed E-state index contributed by atoms with van der Waals surface area (Å²) in [6.07, 6.45) is 0. The number of nitrogens with zero attached hydrogens (tertiary/aromatic N) is 5. The average molecular weight is 636 g/mol. The van der Waals surface area contributed by atoms with Crippen molar-refractivity contribution in [1.29, 1.82) is 10.5 Å². The summed E-state index contributed by atoms with van der Waals surface area (Å²) in [7, 11) is 0. The van der Waals surface area contributed by atoms with Gasteiger partial charge < -0.3 is 9.13 Å². The lowest BCUT2D eigenvalue weighted by molar-refractivity contribution is 1.18. The molecule has 0 atom stereocenters. The number of fused-ring (bicyclic) bond motifs is 6. The Morgan fingerprint density at radius 2 is 1.18 bits per heavy atom. The number of benzene rings is 7. The maximum atomic E-state index is 9.99. The Hall–Kier alpha value is -7.39. The van der Waals surface area contributed by atoms with Crippen molar-refractivity contribution < 1.29 is 0 Å². The molecule has 7 aromatic carbocycles. The van der Waals surface area contributed by atoms with Gasteiger partial charge in [0.15, 0.2) is 0 Å². The molecular weight excluding hydrogens is 611 g/mol. The van der Waals surface area contributed by atoms with E-state index in [2.05, 4.69) is 98.9 Å². The Balaban J connectivity index is 1.18. The van der Waals surface area contributed by atoms with E-state index in [0.29, 0.717) is 16.8 Å². The van der Waals surface area contributed by atoms with Crippen molar-refractivity contribution in [3.8, 4) is 45.8 Å². The van der Waals surface area contributed by atoms with Crippen molar-refractivity contribution in [2.24, 2.45) is 0 Å². The van der Waals surface area contributed by atoms with Crippen molar-refractivity contribution in [3.63, 3.8) is 0 Å². The van der Waals surface area contributed by atoms with Gasteiger partial charge in [-0.05, 0) is 76.9 Å². The summed E-state index contributed by atoms with van der Waals surface area (Å²) in [6, 6.07) is 55.6. The van der Waals surface area contributed by atoms with Gasteiger partial charge in [-0.1, -0.05) is 97.1 Å². The molecule has 2 aromatic heterocycles. The zero-order chi connectivity index (χ0) is 33.8. The van der Waals surface area contributed by atoms with E-state index in [9.17, 15) is 10.5 Å². The molecule has 2 heterocycles. The van der Waals surface area contributed by atoms with E-state index < -0.39 is 0 Å². The normalized spacial score (nSPS) is 11.1. The van der Waals surface area contributed by atoms with Gasteiger partial charge in [0.1, 0.15) is 0 Å².